The molecule has 0 aliphatic carbocycles. The van der Waals surface area contributed by atoms with Gasteiger partial charge in [-0.2, -0.15) is 5.26 Å². The van der Waals surface area contributed by atoms with Crippen LogP contribution in [0.1, 0.15) is 40.3 Å². The molecule has 3 heterocycles. The molecule has 4 rings (SSSR count). The highest BCUT2D eigenvalue weighted by molar-refractivity contribution is 6.29. The SMILES string of the molecule is Cc1cc([C@@H](C)Nc2ccc(Cl)nc2C(=O)O)c2nc(N3CCO[C@H](C(F)F)C3)c(C#N)nc2c1. The molecule has 35 heavy (non-hydrogen) atoms. The van der Waals surface area contributed by atoms with E-state index >= 15 is 0 Å². The first kappa shape index (κ1) is 24.5. The number of rotatable bonds is 6. The molecule has 0 bridgehead atoms. The Morgan fingerprint density at radius 2 is 2.11 bits per heavy atom. The second-order valence-electron chi connectivity index (χ2n) is 8.12. The number of alkyl halides is 2. The Balaban J connectivity index is 1.78. The van der Waals surface area contributed by atoms with Crippen molar-refractivity contribution >= 4 is 40.1 Å². The molecule has 1 aliphatic rings. The monoisotopic (exact) mass is 502 g/mol. The van der Waals surface area contributed by atoms with Crippen LogP contribution in [-0.4, -0.2) is 58.3 Å². The van der Waals surface area contributed by atoms with Crippen LogP contribution in [0.3, 0.4) is 0 Å². The summed E-state index contributed by atoms with van der Waals surface area (Å²) in [6.07, 6.45) is -3.96. The number of halogens is 3. The summed E-state index contributed by atoms with van der Waals surface area (Å²) in [5.41, 5.74) is 2.51. The van der Waals surface area contributed by atoms with Crippen LogP contribution in [0.4, 0.5) is 20.3 Å². The van der Waals surface area contributed by atoms with E-state index in [9.17, 15) is 23.9 Å². The fourth-order valence-corrected chi connectivity index (χ4v) is 4.14. The van der Waals surface area contributed by atoms with Gasteiger partial charge in [0.1, 0.15) is 17.3 Å². The summed E-state index contributed by atoms with van der Waals surface area (Å²) in [6, 6.07) is 8.21. The van der Waals surface area contributed by atoms with Crippen LogP contribution in [0, 0.1) is 18.3 Å². The normalized spacial score (nSPS) is 16.8. The standard InChI is InChI=1S/C23H21ClF2N6O3/c1-11-7-13(12(2)28-14-3-4-18(24)30-20(14)23(33)34)19-15(8-11)29-16(9-27)22(31-19)32-5-6-35-17(10-32)21(25)26/h3-4,7-8,12,17,21,28H,5-6,10H2,1-2H3,(H,33,34)/t12-,17+/m1/s1. The van der Waals surface area contributed by atoms with E-state index in [1.54, 1.807) is 11.0 Å². The van der Waals surface area contributed by atoms with Gasteiger partial charge in [-0.15, -0.1) is 0 Å². The smallest absolute Gasteiger partial charge is 0.356 e. The van der Waals surface area contributed by atoms with Gasteiger partial charge in [0.15, 0.2) is 17.2 Å². The van der Waals surface area contributed by atoms with Gasteiger partial charge in [-0.05, 0) is 37.6 Å². The minimum atomic E-state index is -2.67. The summed E-state index contributed by atoms with van der Waals surface area (Å²) in [4.78, 5) is 26.2. The number of nitriles is 1. The third-order valence-electron chi connectivity index (χ3n) is 5.61. The maximum Gasteiger partial charge on any atom is 0.356 e. The number of hydrogen-bond acceptors (Lipinski definition) is 8. The number of benzene rings is 1. The number of carbonyl (C=O) groups is 1. The zero-order valence-corrected chi connectivity index (χ0v) is 19.6. The summed E-state index contributed by atoms with van der Waals surface area (Å²) in [5.74, 6) is -1.04. The van der Waals surface area contributed by atoms with E-state index in [0.717, 1.165) is 5.56 Å². The molecule has 0 radical (unpaired) electrons. The summed E-state index contributed by atoms with van der Waals surface area (Å²) in [6.45, 7) is 3.90. The molecule has 0 saturated carbocycles. The molecule has 2 N–H and O–H groups in total. The number of morpholine rings is 1. The number of carboxylic acid groups (broad SMARTS) is 1. The van der Waals surface area contributed by atoms with Crippen molar-refractivity contribution in [2.24, 2.45) is 0 Å². The molecular formula is C23H21ClF2N6O3. The molecule has 12 heteroatoms. The molecule has 2 atom stereocenters. The zero-order chi connectivity index (χ0) is 25.3. The van der Waals surface area contributed by atoms with Crippen molar-refractivity contribution < 1.29 is 23.4 Å². The maximum absolute atomic E-state index is 13.3. The number of anilines is 2. The Hall–Kier alpha value is -3.62. The summed E-state index contributed by atoms with van der Waals surface area (Å²) in [7, 11) is 0. The second kappa shape index (κ2) is 9.93. The van der Waals surface area contributed by atoms with Gasteiger partial charge >= 0.3 is 5.97 Å². The summed E-state index contributed by atoms with van der Waals surface area (Å²) < 4.78 is 31.7. The molecule has 1 aromatic carbocycles. The number of pyridine rings is 1. The molecule has 0 amide bonds. The Bertz CT molecular complexity index is 1330. The quantitative estimate of drug-likeness (QED) is 0.477. The van der Waals surface area contributed by atoms with Crippen molar-refractivity contribution in [3.05, 3.63) is 51.9 Å². The van der Waals surface area contributed by atoms with Gasteiger partial charge in [0.2, 0.25) is 0 Å². The van der Waals surface area contributed by atoms with Crippen LogP contribution in [0.25, 0.3) is 11.0 Å². The first-order chi connectivity index (χ1) is 16.7. The molecule has 1 fully saturated rings. The third kappa shape index (κ3) is 5.08. The van der Waals surface area contributed by atoms with Crippen molar-refractivity contribution in [2.75, 3.05) is 29.9 Å². The van der Waals surface area contributed by atoms with Crippen molar-refractivity contribution in [1.82, 2.24) is 15.0 Å². The van der Waals surface area contributed by atoms with Gasteiger partial charge in [-0.1, -0.05) is 17.7 Å². The largest absolute Gasteiger partial charge is 0.476 e. The van der Waals surface area contributed by atoms with Crippen LogP contribution >= 0.6 is 11.6 Å². The second-order valence-corrected chi connectivity index (χ2v) is 8.51. The van der Waals surface area contributed by atoms with Crippen LogP contribution in [0.5, 0.6) is 0 Å². The highest BCUT2D eigenvalue weighted by Gasteiger charge is 2.30. The van der Waals surface area contributed by atoms with Crippen LogP contribution < -0.4 is 10.2 Å². The number of nitrogens with zero attached hydrogens (tertiary/aromatic N) is 5. The number of fused-ring (bicyclic) bond motifs is 1. The lowest BCUT2D eigenvalue weighted by atomic mass is 10.0. The molecule has 3 aromatic rings. The van der Waals surface area contributed by atoms with Crippen molar-refractivity contribution in [3.63, 3.8) is 0 Å². The Morgan fingerprint density at radius 1 is 1.34 bits per heavy atom. The number of aromatic carboxylic acids is 1. The van der Waals surface area contributed by atoms with E-state index in [1.165, 1.54) is 12.1 Å². The highest BCUT2D eigenvalue weighted by atomic mass is 35.5. The van der Waals surface area contributed by atoms with Crippen molar-refractivity contribution in [2.45, 2.75) is 32.4 Å². The molecule has 2 aromatic heterocycles. The lowest BCUT2D eigenvalue weighted by Crippen LogP contribution is -2.46. The molecule has 0 unspecified atom stereocenters. The predicted molar refractivity (Wildman–Crippen MR) is 125 cm³/mol. The Morgan fingerprint density at radius 3 is 2.80 bits per heavy atom. The van der Waals surface area contributed by atoms with Crippen LogP contribution in [0.2, 0.25) is 5.15 Å². The van der Waals surface area contributed by atoms with E-state index in [4.69, 9.17) is 16.3 Å². The van der Waals surface area contributed by atoms with Crippen molar-refractivity contribution in [1.29, 1.82) is 5.26 Å². The molecule has 9 nitrogen and oxygen atoms in total. The van der Waals surface area contributed by atoms with Gasteiger partial charge in [0.25, 0.3) is 6.43 Å². The maximum atomic E-state index is 13.3. The molecule has 182 valence electrons. The number of aromatic nitrogens is 3. The lowest BCUT2D eigenvalue weighted by Gasteiger charge is -2.33. The molecule has 1 aliphatic heterocycles. The number of ether oxygens (including phenoxy) is 1. The fourth-order valence-electron chi connectivity index (χ4n) is 4.00. The molecule has 1 saturated heterocycles. The molecule has 0 spiro atoms. The number of nitrogens with one attached hydrogen (secondary N) is 1. The van der Waals surface area contributed by atoms with E-state index in [1.807, 2.05) is 26.0 Å². The Labute approximate surface area is 204 Å². The Kier molecular flexibility index (Phi) is 6.95. The minimum absolute atomic E-state index is 0.0274. The van der Waals surface area contributed by atoms with E-state index in [-0.39, 0.29) is 47.7 Å². The van der Waals surface area contributed by atoms with Gasteiger partial charge in [0, 0.05) is 12.1 Å². The first-order valence-electron chi connectivity index (χ1n) is 10.7. The fraction of sp³-hybridized carbons (Fsp3) is 0.348. The minimum Gasteiger partial charge on any atom is -0.476 e. The topological polar surface area (TPSA) is 124 Å². The van der Waals surface area contributed by atoms with Gasteiger partial charge < -0.3 is 20.1 Å². The zero-order valence-electron chi connectivity index (χ0n) is 18.8. The third-order valence-corrected chi connectivity index (χ3v) is 5.82. The number of carboxylic acids is 1. The van der Waals surface area contributed by atoms with Gasteiger partial charge in [-0.3, -0.25) is 0 Å². The van der Waals surface area contributed by atoms with E-state index < -0.39 is 24.5 Å². The lowest BCUT2D eigenvalue weighted by molar-refractivity contribution is -0.0615. The van der Waals surface area contributed by atoms with Gasteiger partial charge in [-0.25, -0.2) is 28.5 Å². The average molecular weight is 503 g/mol. The number of hydrogen-bond donors (Lipinski definition) is 2. The summed E-state index contributed by atoms with van der Waals surface area (Å²) >= 11 is 5.86. The first-order valence-corrected chi connectivity index (χ1v) is 11.1. The molecular weight excluding hydrogens is 482 g/mol. The average Bonchev–Trinajstić information content (AvgIpc) is 2.83. The predicted octanol–water partition coefficient (Wildman–Crippen LogP) is 4.20. The van der Waals surface area contributed by atoms with Crippen LogP contribution in [-0.2, 0) is 4.74 Å². The van der Waals surface area contributed by atoms with E-state index in [0.29, 0.717) is 16.6 Å². The van der Waals surface area contributed by atoms with Crippen LogP contribution in [0.15, 0.2) is 24.3 Å². The van der Waals surface area contributed by atoms with Gasteiger partial charge in [0.05, 0.1) is 35.9 Å². The highest BCUT2D eigenvalue weighted by Crippen LogP contribution is 2.31. The van der Waals surface area contributed by atoms with E-state index in [2.05, 4.69) is 20.3 Å². The van der Waals surface area contributed by atoms with Crippen molar-refractivity contribution in [3.8, 4) is 6.07 Å². The summed E-state index contributed by atoms with van der Waals surface area (Å²) in [5, 5.41) is 22.4. The number of aryl methyl sites for hydroxylation is 1.